The van der Waals surface area contributed by atoms with Crippen molar-refractivity contribution < 1.29 is 8.42 Å². The van der Waals surface area contributed by atoms with E-state index < -0.39 is 10.0 Å². The number of rotatable bonds is 5. The van der Waals surface area contributed by atoms with Gasteiger partial charge in [-0.25, -0.2) is 8.42 Å². The van der Waals surface area contributed by atoms with E-state index in [0.717, 1.165) is 11.1 Å². The second kappa shape index (κ2) is 6.21. The molecule has 23 heavy (non-hydrogen) atoms. The molecule has 0 aliphatic heterocycles. The van der Waals surface area contributed by atoms with Crippen LogP contribution < -0.4 is 4.72 Å². The fraction of sp³-hybridized carbons (Fsp3) is 0.125. The molecule has 3 aromatic rings. The van der Waals surface area contributed by atoms with Gasteiger partial charge < -0.3 is 0 Å². The van der Waals surface area contributed by atoms with Crippen LogP contribution in [0.5, 0.6) is 0 Å². The van der Waals surface area contributed by atoms with Crippen LogP contribution in [0.25, 0.3) is 0 Å². The summed E-state index contributed by atoms with van der Waals surface area (Å²) in [5.74, 6) is 0.291. The van der Waals surface area contributed by atoms with E-state index in [9.17, 15) is 8.42 Å². The zero-order valence-electron chi connectivity index (χ0n) is 12.5. The van der Waals surface area contributed by atoms with Crippen molar-refractivity contribution in [3.05, 3.63) is 72.2 Å². The summed E-state index contributed by atoms with van der Waals surface area (Å²) in [7, 11) is -3.63. The monoisotopic (exact) mass is 328 g/mol. The van der Waals surface area contributed by atoms with E-state index in [1.165, 1.54) is 0 Å². The third-order valence-corrected chi connectivity index (χ3v) is 4.68. The highest BCUT2D eigenvalue weighted by Crippen LogP contribution is 2.15. The molecule has 118 valence electrons. The molecule has 0 aliphatic rings. The third-order valence-electron chi connectivity index (χ3n) is 3.30. The molecule has 0 aliphatic carbocycles. The average molecular weight is 328 g/mol. The molecule has 0 spiro atoms. The van der Waals surface area contributed by atoms with Crippen LogP contribution in [-0.4, -0.2) is 23.2 Å². The molecule has 0 saturated heterocycles. The molecule has 0 saturated carbocycles. The van der Waals surface area contributed by atoms with Gasteiger partial charge in [0.15, 0.2) is 5.82 Å². The van der Waals surface area contributed by atoms with Gasteiger partial charge >= 0.3 is 0 Å². The molecule has 6 nitrogen and oxygen atoms in total. The van der Waals surface area contributed by atoms with Crippen LogP contribution in [-0.2, 0) is 16.6 Å². The van der Waals surface area contributed by atoms with E-state index in [1.54, 1.807) is 53.6 Å². The number of aryl methyl sites for hydroxylation is 1. The van der Waals surface area contributed by atoms with E-state index >= 15 is 0 Å². The lowest BCUT2D eigenvalue weighted by atomic mass is 10.2. The molecule has 7 heteroatoms. The predicted octanol–water partition coefficient (Wildman–Crippen LogP) is 2.44. The lowest BCUT2D eigenvalue weighted by Crippen LogP contribution is -2.13. The summed E-state index contributed by atoms with van der Waals surface area (Å²) in [6, 6.07) is 12.1. The summed E-state index contributed by atoms with van der Waals surface area (Å²) in [6.45, 7) is 2.46. The van der Waals surface area contributed by atoms with E-state index in [-0.39, 0.29) is 4.90 Å². The van der Waals surface area contributed by atoms with E-state index in [1.807, 2.05) is 19.1 Å². The number of aromatic nitrogens is 3. The number of anilines is 1. The van der Waals surface area contributed by atoms with Crippen molar-refractivity contribution in [3.63, 3.8) is 0 Å². The van der Waals surface area contributed by atoms with Gasteiger partial charge in [-0.3, -0.25) is 14.4 Å². The van der Waals surface area contributed by atoms with Gasteiger partial charge in [-0.2, -0.15) is 5.10 Å². The quantitative estimate of drug-likeness (QED) is 0.780. The van der Waals surface area contributed by atoms with Crippen LogP contribution in [0.3, 0.4) is 0 Å². The topological polar surface area (TPSA) is 76.9 Å². The second-order valence-corrected chi connectivity index (χ2v) is 6.85. The first-order valence-electron chi connectivity index (χ1n) is 7.05. The Morgan fingerprint density at radius 2 is 1.74 bits per heavy atom. The summed E-state index contributed by atoms with van der Waals surface area (Å²) in [5, 5.41) is 4.24. The molecule has 2 aromatic heterocycles. The standard InChI is InChI=1S/C16H16N4O2S/c1-13-2-4-15(5-3-13)23(21,22)19-16-8-11-20(18-16)12-14-6-9-17-10-7-14/h2-11H,12H2,1H3,(H,18,19). The van der Waals surface area contributed by atoms with Gasteiger partial charge in [0.1, 0.15) is 0 Å². The zero-order chi connectivity index (χ0) is 16.3. The van der Waals surface area contributed by atoms with Gasteiger partial charge in [-0.1, -0.05) is 17.7 Å². The average Bonchev–Trinajstić information content (AvgIpc) is 2.95. The van der Waals surface area contributed by atoms with E-state index in [4.69, 9.17) is 0 Å². The number of pyridine rings is 1. The molecular formula is C16H16N4O2S. The van der Waals surface area contributed by atoms with Crippen LogP contribution in [0.4, 0.5) is 5.82 Å². The minimum absolute atomic E-state index is 0.215. The van der Waals surface area contributed by atoms with Crippen LogP contribution in [0, 0.1) is 6.92 Å². The minimum atomic E-state index is -3.63. The number of nitrogens with one attached hydrogen (secondary N) is 1. The number of hydrogen-bond donors (Lipinski definition) is 1. The largest absolute Gasteiger partial charge is 0.266 e. The Balaban J connectivity index is 1.74. The maximum atomic E-state index is 12.3. The first kappa shape index (κ1) is 15.2. The zero-order valence-corrected chi connectivity index (χ0v) is 13.4. The summed E-state index contributed by atoms with van der Waals surface area (Å²) in [5.41, 5.74) is 2.04. The number of benzene rings is 1. The molecule has 0 unspecified atom stereocenters. The molecule has 0 amide bonds. The molecule has 2 heterocycles. The van der Waals surface area contributed by atoms with Gasteiger partial charge in [0.2, 0.25) is 0 Å². The minimum Gasteiger partial charge on any atom is -0.266 e. The highest BCUT2D eigenvalue weighted by atomic mass is 32.2. The fourth-order valence-electron chi connectivity index (χ4n) is 2.09. The second-order valence-electron chi connectivity index (χ2n) is 5.17. The molecule has 1 aromatic carbocycles. The summed E-state index contributed by atoms with van der Waals surface area (Å²) >= 11 is 0. The number of nitrogens with zero attached hydrogens (tertiary/aromatic N) is 3. The van der Waals surface area contributed by atoms with Gasteiger partial charge in [-0.15, -0.1) is 0 Å². The SMILES string of the molecule is Cc1ccc(S(=O)(=O)Nc2ccn(Cc3ccncc3)n2)cc1. The molecular weight excluding hydrogens is 312 g/mol. The van der Waals surface area contributed by atoms with E-state index in [2.05, 4.69) is 14.8 Å². The summed E-state index contributed by atoms with van der Waals surface area (Å²) in [6.07, 6.45) is 5.15. The Hall–Kier alpha value is -2.67. The Kier molecular flexibility index (Phi) is 4.12. The fourth-order valence-corrected chi connectivity index (χ4v) is 3.09. The van der Waals surface area contributed by atoms with Gasteiger partial charge in [0, 0.05) is 24.7 Å². The number of sulfonamides is 1. The third kappa shape index (κ3) is 3.75. The van der Waals surface area contributed by atoms with Crippen molar-refractivity contribution >= 4 is 15.8 Å². The Morgan fingerprint density at radius 3 is 2.43 bits per heavy atom. The van der Waals surface area contributed by atoms with Crippen LogP contribution in [0.15, 0.2) is 66.0 Å². The Labute approximate surface area is 134 Å². The van der Waals surface area contributed by atoms with Crippen LogP contribution in [0.1, 0.15) is 11.1 Å². The van der Waals surface area contributed by atoms with Gasteiger partial charge in [0.05, 0.1) is 11.4 Å². The van der Waals surface area contributed by atoms with E-state index in [0.29, 0.717) is 12.4 Å². The molecule has 0 atom stereocenters. The normalized spacial score (nSPS) is 11.3. The summed E-state index contributed by atoms with van der Waals surface area (Å²) < 4.78 is 28.8. The molecule has 0 bridgehead atoms. The van der Waals surface area contributed by atoms with Gasteiger partial charge in [-0.05, 0) is 36.8 Å². The van der Waals surface area contributed by atoms with Crippen molar-refractivity contribution in [2.45, 2.75) is 18.4 Å². The smallest absolute Gasteiger partial charge is 0.263 e. The van der Waals surface area contributed by atoms with Crippen molar-refractivity contribution in [1.29, 1.82) is 0 Å². The lowest BCUT2D eigenvalue weighted by Gasteiger charge is -2.06. The van der Waals surface area contributed by atoms with Crippen molar-refractivity contribution in [3.8, 4) is 0 Å². The Morgan fingerprint density at radius 1 is 1.04 bits per heavy atom. The molecule has 3 rings (SSSR count). The van der Waals surface area contributed by atoms with Crippen molar-refractivity contribution in [2.24, 2.45) is 0 Å². The summed E-state index contributed by atoms with van der Waals surface area (Å²) in [4.78, 5) is 4.17. The van der Waals surface area contributed by atoms with Crippen molar-refractivity contribution in [2.75, 3.05) is 4.72 Å². The first-order chi connectivity index (χ1) is 11.0. The van der Waals surface area contributed by atoms with Crippen LogP contribution >= 0.6 is 0 Å². The van der Waals surface area contributed by atoms with Gasteiger partial charge in [0.25, 0.3) is 10.0 Å². The highest BCUT2D eigenvalue weighted by Gasteiger charge is 2.15. The van der Waals surface area contributed by atoms with Crippen LogP contribution in [0.2, 0.25) is 0 Å². The van der Waals surface area contributed by atoms with Crippen molar-refractivity contribution in [1.82, 2.24) is 14.8 Å². The number of hydrogen-bond acceptors (Lipinski definition) is 4. The molecule has 0 fully saturated rings. The maximum absolute atomic E-state index is 12.3. The lowest BCUT2D eigenvalue weighted by molar-refractivity contribution is 0.600. The maximum Gasteiger partial charge on any atom is 0.263 e. The molecule has 1 N–H and O–H groups in total. The highest BCUT2D eigenvalue weighted by molar-refractivity contribution is 7.92. The predicted molar refractivity (Wildman–Crippen MR) is 87.6 cm³/mol. The molecule has 0 radical (unpaired) electrons. The Bertz CT molecular complexity index is 887. The first-order valence-corrected chi connectivity index (χ1v) is 8.53.